The van der Waals surface area contributed by atoms with Gasteiger partial charge in [0.05, 0.1) is 19.8 Å². The van der Waals surface area contributed by atoms with E-state index in [1.807, 2.05) is 0 Å². The molecule has 99 heavy (non-hydrogen) atoms. The first kappa shape index (κ1) is 88.3. The Kier molecular flexibility index (Phi) is 45.2. The van der Waals surface area contributed by atoms with Gasteiger partial charge < -0.3 is 88.1 Å². The number of hydrogen-bond donors (Lipinski definition) is 6. The summed E-state index contributed by atoms with van der Waals surface area (Å²) in [5.41, 5.74) is 25.4. The molecule has 0 bridgehead atoms. The number of amides is 3. The summed E-state index contributed by atoms with van der Waals surface area (Å²) in [4.78, 5) is 155. The Balaban J connectivity index is 0.000000742. The maximum absolute atomic E-state index is 12.3. The van der Waals surface area contributed by atoms with E-state index in [1.54, 1.807) is 62.3 Å². The van der Waals surface area contributed by atoms with Gasteiger partial charge in [-0.05, 0) is 74.4 Å². The molecule has 0 aromatic heterocycles. The minimum absolute atomic E-state index is 0.0382. The molecule has 39 heteroatoms. The SMILES string of the molecule is CCCC(=O)OC1OC(CO)[C@@H](OC(=O)CCC)[C@H](OC(=O)CCC)C1NC(=O)CN=[N+]=[N-].CCCC(=O)OC1OC(CO)[C@@H](OC(=O)CCC)[C@H](OC(=O)CCC)C1NC(=O)CN=[N+]=[N-].CCCC(=O)OC1OC(CO)[C@H](OC(=O)CCC)[C@H](OC(=O)CCC)C1NC(=O)CN=[N+]=[N-]. The van der Waals surface area contributed by atoms with Crippen molar-refractivity contribution in [2.45, 2.75) is 270 Å². The molecule has 558 valence electrons. The topological polar surface area (TPSA) is 559 Å². The molecule has 3 aliphatic heterocycles. The normalized spacial score (nSPS) is 24.2. The van der Waals surface area contributed by atoms with Gasteiger partial charge in [-0.25, -0.2) is 0 Å². The van der Waals surface area contributed by atoms with Crippen LogP contribution in [0.5, 0.6) is 0 Å². The molecule has 9 unspecified atom stereocenters. The van der Waals surface area contributed by atoms with Gasteiger partial charge in [-0.1, -0.05) is 77.7 Å². The van der Waals surface area contributed by atoms with Crippen LogP contribution in [0, 0.1) is 0 Å². The lowest BCUT2D eigenvalue weighted by molar-refractivity contribution is -0.271. The highest BCUT2D eigenvalue weighted by Gasteiger charge is 2.55. The second-order valence-corrected chi connectivity index (χ2v) is 22.1. The molecule has 3 heterocycles. The quantitative estimate of drug-likeness (QED) is 0.0168. The molecule has 0 aromatic carbocycles. The molecule has 3 aliphatic rings. The van der Waals surface area contributed by atoms with Gasteiger partial charge in [-0.15, -0.1) is 0 Å². The van der Waals surface area contributed by atoms with Gasteiger partial charge in [0.1, 0.15) is 56.1 Å². The van der Waals surface area contributed by atoms with Crippen LogP contribution in [0.4, 0.5) is 0 Å². The third-order valence-corrected chi connectivity index (χ3v) is 13.7. The van der Waals surface area contributed by atoms with Crippen molar-refractivity contribution in [2.24, 2.45) is 15.3 Å². The first-order valence-corrected chi connectivity index (χ1v) is 32.9. The number of esters is 9. The lowest BCUT2D eigenvalue weighted by atomic mass is 9.96. The molecule has 3 amide bonds. The van der Waals surface area contributed by atoms with Crippen molar-refractivity contribution in [1.29, 1.82) is 0 Å². The van der Waals surface area contributed by atoms with Gasteiger partial charge in [0.2, 0.25) is 36.6 Å². The van der Waals surface area contributed by atoms with E-state index in [-0.39, 0.29) is 57.8 Å². The number of nitrogens with one attached hydrogen (secondary N) is 3. The first-order chi connectivity index (χ1) is 47.4. The zero-order valence-electron chi connectivity index (χ0n) is 57.3. The van der Waals surface area contributed by atoms with Gasteiger partial charge in [-0.2, -0.15) is 0 Å². The Labute approximate surface area is 571 Å². The summed E-state index contributed by atoms with van der Waals surface area (Å²) in [6, 6.07) is -3.89. The molecule has 6 N–H and O–H groups in total. The van der Waals surface area contributed by atoms with Gasteiger partial charge in [0, 0.05) is 72.5 Å². The smallest absolute Gasteiger partial charge is 0.308 e. The second kappa shape index (κ2) is 50.6. The van der Waals surface area contributed by atoms with Crippen LogP contribution < -0.4 is 16.0 Å². The molecule has 15 atom stereocenters. The number of carbonyl (C=O) groups is 12. The van der Waals surface area contributed by atoms with Crippen LogP contribution in [-0.4, -0.2) is 218 Å². The summed E-state index contributed by atoms with van der Waals surface area (Å²) in [5.74, 6) is -8.05. The summed E-state index contributed by atoms with van der Waals surface area (Å²) < 4.78 is 65.9. The van der Waals surface area contributed by atoms with Crippen LogP contribution in [0.25, 0.3) is 31.3 Å². The van der Waals surface area contributed by atoms with E-state index in [2.05, 4.69) is 46.0 Å². The van der Waals surface area contributed by atoms with Crippen LogP contribution in [0.3, 0.4) is 0 Å². The van der Waals surface area contributed by atoms with Crippen molar-refractivity contribution in [2.75, 3.05) is 39.5 Å². The third-order valence-electron chi connectivity index (χ3n) is 13.7. The Morgan fingerprint density at radius 2 is 0.485 bits per heavy atom. The summed E-state index contributed by atoms with van der Waals surface area (Å²) in [6.07, 6.45) is -11.1. The van der Waals surface area contributed by atoms with Crippen molar-refractivity contribution in [1.82, 2.24) is 16.0 Å². The first-order valence-electron chi connectivity index (χ1n) is 32.9. The van der Waals surface area contributed by atoms with Crippen molar-refractivity contribution >= 4 is 71.4 Å². The fraction of sp³-hybridized carbons (Fsp3) is 0.800. The van der Waals surface area contributed by atoms with E-state index in [1.165, 1.54) is 0 Å². The van der Waals surface area contributed by atoms with Crippen LogP contribution >= 0.6 is 0 Å². The van der Waals surface area contributed by atoms with Gasteiger partial charge in [-0.3, -0.25) is 57.5 Å². The van der Waals surface area contributed by atoms with Crippen molar-refractivity contribution in [3.8, 4) is 0 Å². The van der Waals surface area contributed by atoms with E-state index >= 15 is 0 Å². The van der Waals surface area contributed by atoms with Crippen molar-refractivity contribution in [3.05, 3.63) is 31.3 Å². The van der Waals surface area contributed by atoms with Crippen molar-refractivity contribution < 1.29 is 130 Å². The highest BCUT2D eigenvalue weighted by atomic mass is 16.7. The van der Waals surface area contributed by atoms with E-state index < -0.39 is 203 Å². The monoisotopic (exact) mass is 1420 g/mol. The number of ether oxygens (including phenoxy) is 12. The molecule has 0 aromatic rings. The average molecular weight is 1420 g/mol. The molecule has 3 rings (SSSR count). The second-order valence-electron chi connectivity index (χ2n) is 22.1. The maximum Gasteiger partial charge on any atom is 0.308 e. The lowest BCUT2D eigenvalue weighted by Crippen LogP contribution is -2.67. The Hall–Kier alpha value is -8.67. The number of nitrogens with zero attached hydrogens (tertiary/aromatic N) is 9. The molecule has 0 aliphatic carbocycles. The largest absolute Gasteiger partial charge is 0.456 e. The fourth-order valence-electron chi connectivity index (χ4n) is 9.41. The average Bonchev–Trinajstić information content (AvgIpc) is 0.802. The van der Waals surface area contributed by atoms with Gasteiger partial charge in [0.15, 0.2) is 36.6 Å². The summed E-state index contributed by atoms with van der Waals surface area (Å²) in [6.45, 7) is 12.2. The summed E-state index contributed by atoms with van der Waals surface area (Å²) in [5, 5.41) is 46.5. The third kappa shape index (κ3) is 32.7. The van der Waals surface area contributed by atoms with E-state index in [0.29, 0.717) is 57.8 Å². The summed E-state index contributed by atoms with van der Waals surface area (Å²) >= 11 is 0. The standard InChI is InChI=1S/3C20H32N4O9/c3*1-4-7-14(27)31-18-12(11-25)30-20(33-16(29)9-6-3)17(23-13(26)10-22-24-21)19(18)32-15(28)8-5-2/h3*12,17-20,25H,4-11H2,1-3H3,(H,23,26)/t12?,17?,18-,19+,20?;2*12?,17?,18-,19-,20?/m011/s1. The molecular weight excluding hydrogens is 1320 g/mol. The van der Waals surface area contributed by atoms with Crippen molar-refractivity contribution in [3.63, 3.8) is 0 Å². The molecule has 3 saturated heterocycles. The van der Waals surface area contributed by atoms with Crippen LogP contribution in [-0.2, 0) is 114 Å². The Morgan fingerprint density at radius 3 is 0.646 bits per heavy atom. The highest BCUT2D eigenvalue weighted by molar-refractivity contribution is 5.81. The predicted molar refractivity (Wildman–Crippen MR) is 337 cm³/mol. The van der Waals surface area contributed by atoms with E-state index in [0.717, 1.165) is 0 Å². The summed E-state index contributed by atoms with van der Waals surface area (Å²) in [7, 11) is 0. The Bertz CT molecular complexity index is 2460. The zero-order valence-corrected chi connectivity index (χ0v) is 57.3. The fourth-order valence-corrected chi connectivity index (χ4v) is 9.41. The molecule has 0 saturated carbocycles. The van der Waals surface area contributed by atoms with Gasteiger partial charge in [0.25, 0.3) is 0 Å². The minimum atomic E-state index is -1.46. The lowest BCUT2D eigenvalue weighted by Gasteiger charge is -2.44. The molecule has 0 radical (unpaired) electrons. The number of azide groups is 3. The zero-order chi connectivity index (χ0) is 74.4. The van der Waals surface area contributed by atoms with E-state index in [4.69, 9.17) is 73.4 Å². The number of aliphatic hydroxyl groups excluding tert-OH is 3. The number of aliphatic hydroxyl groups is 3. The molecular formula is C60H96N12O27. The number of rotatable bonds is 39. The minimum Gasteiger partial charge on any atom is -0.456 e. The number of carbonyl (C=O) groups excluding carboxylic acids is 12. The van der Waals surface area contributed by atoms with Crippen LogP contribution in [0.1, 0.15) is 178 Å². The van der Waals surface area contributed by atoms with Crippen LogP contribution in [0.15, 0.2) is 15.3 Å². The van der Waals surface area contributed by atoms with Crippen LogP contribution in [0.2, 0.25) is 0 Å². The van der Waals surface area contributed by atoms with E-state index in [9.17, 15) is 72.9 Å². The number of hydrogen-bond acceptors (Lipinski definition) is 30. The van der Waals surface area contributed by atoms with Gasteiger partial charge >= 0.3 is 53.7 Å². The highest BCUT2D eigenvalue weighted by Crippen LogP contribution is 2.32. The molecule has 39 nitrogen and oxygen atoms in total. The molecule has 0 spiro atoms. The predicted octanol–water partition coefficient (Wildman–Crippen LogP) is 3.80. The Morgan fingerprint density at radius 1 is 0.313 bits per heavy atom. The molecule has 3 fully saturated rings. The maximum atomic E-state index is 12.3.